The lowest BCUT2D eigenvalue weighted by molar-refractivity contribution is -0.138. The number of benzene rings is 1. The van der Waals surface area contributed by atoms with E-state index in [1.807, 2.05) is 31.2 Å². The molecule has 1 amide bonds. The second-order valence-corrected chi connectivity index (χ2v) is 6.21. The van der Waals surface area contributed by atoms with Gasteiger partial charge in [-0.25, -0.2) is 0 Å². The first-order valence-electron chi connectivity index (χ1n) is 7.37. The number of nitrogens with one attached hydrogen (secondary N) is 1. The number of hydrogen-bond donors (Lipinski definition) is 2. The smallest absolute Gasteiger partial charge is 0.312 e. The molecule has 21 heavy (non-hydrogen) atoms. The van der Waals surface area contributed by atoms with Crippen molar-refractivity contribution in [3.8, 4) is 0 Å². The van der Waals surface area contributed by atoms with Crippen LogP contribution in [-0.4, -0.2) is 36.6 Å². The van der Waals surface area contributed by atoms with E-state index in [4.69, 9.17) is 0 Å². The summed E-state index contributed by atoms with van der Waals surface area (Å²) in [5.41, 5.74) is 1.05. The lowest BCUT2D eigenvalue weighted by atomic mass is 9.81. The summed E-state index contributed by atoms with van der Waals surface area (Å²) in [6.07, 6.45) is 1.81. The number of carboxylic acid groups (broad SMARTS) is 1. The molecular formula is C16H20N2O3. The lowest BCUT2D eigenvalue weighted by Crippen LogP contribution is -2.50. The van der Waals surface area contributed by atoms with Gasteiger partial charge >= 0.3 is 5.97 Å². The van der Waals surface area contributed by atoms with Crippen molar-refractivity contribution in [2.24, 2.45) is 5.41 Å². The van der Waals surface area contributed by atoms with Crippen LogP contribution in [0.25, 0.3) is 0 Å². The van der Waals surface area contributed by atoms with E-state index in [1.54, 1.807) is 4.90 Å². The molecule has 1 fully saturated rings. The fourth-order valence-electron chi connectivity index (χ4n) is 3.38. The molecule has 2 aliphatic rings. The van der Waals surface area contributed by atoms with E-state index in [1.165, 1.54) is 0 Å². The Morgan fingerprint density at radius 3 is 2.81 bits per heavy atom. The Bertz CT molecular complexity index is 579. The number of nitrogens with zero attached hydrogens (tertiary/aromatic N) is 1. The molecule has 1 aromatic carbocycles. The molecule has 1 saturated heterocycles. The molecule has 112 valence electrons. The molecule has 0 saturated carbocycles. The normalized spacial score (nSPS) is 28.2. The van der Waals surface area contributed by atoms with Crippen LogP contribution in [0.4, 0.5) is 5.69 Å². The molecule has 0 aromatic heterocycles. The van der Waals surface area contributed by atoms with Gasteiger partial charge in [-0.1, -0.05) is 18.2 Å². The van der Waals surface area contributed by atoms with Crippen molar-refractivity contribution < 1.29 is 14.7 Å². The molecular weight excluding hydrogens is 268 g/mol. The molecule has 0 aliphatic carbocycles. The maximum absolute atomic E-state index is 12.9. The molecule has 5 heteroatoms. The number of carbonyl (C=O) groups excluding carboxylic acids is 1. The van der Waals surface area contributed by atoms with Crippen LogP contribution in [0.3, 0.4) is 0 Å². The van der Waals surface area contributed by atoms with Gasteiger partial charge in [-0.15, -0.1) is 0 Å². The zero-order valence-corrected chi connectivity index (χ0v) is 12.1. The van der Waals surface area contributed by atoms with Gasteiger partial charge in [0.15, 0.2) is 0 Å². The minimum atomic E-state index is -0.871. The highest BCUT2D eigenvalue weighted by Crippen LogP contribution is 2.40. The predicted octanol–water partition coefficient (Wildman–Crippen LogP) is 1.59. The minimum Gasteiger partial charge on any atom is -0.481 e. The fourth-order valence-corrected chi connectivity index (χ4v) is 3.38. The second-order valence-electron chi connectivity index (χ2n) is 6.21. The summed E-state index contributed by atoms with van der Waals surface area (Å²) >= 11 is 0. The molecule has 0 radical (unpaired) electrons. The third-order valence-corrected chi connectivity index (χ3v) is 4.62. The van der Waals surface area contributed by atoms with E-state index < -0.39 is 17.3 Å². The Kier molecular flexibility index (Phi) is 3.45. The molecule has 2 unspecified atom stereocenters. The van der Waals surface area contributed by atoms with Crippen molar-refractivity contribution in [1.82, 2.24) is 5.32 Å². The number of carboxylic acids is 1. The van der Waals surface area contributed by atoms with Gasteiger partial charge in [-0.2, -0.15) is 0 Å². The Morgan fingerprint density at radius 2 is 2.14 bits per heavy atom. The zero-order chi connectivity index (χ0) is 15.0. The first-order valence-corrected chi connectivity index (χ1v) is 7.37. The van der Waals surface area contributed by atoms with Gasteiger partial charge in [0.1, 0.15) is 5.92 Å². The number of carbonyl (C=O) groups is 2. The summed E-state index contributed by atoms with van der Waals surface area (Å²) in [7, 11) is 0. The van der Waals surface area contributed by atoms with Crippen LogP contribution in [0, 0.1) is 5.41 Å². The number of rotatable bonds is 2. The van der Waals surface area contributed by atoms with Crippen LogP contribution in [0.5, 0.6) is 0 Å². The van der Waals surface area contributed by atoms with Gasteiger partial charge in [0.05, 0.1) is 5.41 Å². The van der Waals surface area contributed by atoms with Crippen LogP contribution in [0.2, 0.25) is 0 Å². The molecule has 0 bridgehead atoms. The van der Waals surface area contributed by atoms with E-state index in [0.29, 0.717) is 6.54 Å². The van der Waals surface area contributed by atoms with E-state index in [0.717, 1.165) is 30.6 Å². The molecule has 2 N–H and O–H groups in total. The lowest BCUT2D eigenvalue weighted by Gasteiger charge is -2.36. The Morgan fingerprint density at radius 1 is 1.38 bits per heavy atom. The minimum absolute atomic E-state index is 0.0332. The maximum atomic E-state index is 12.9. The number of fused-ring (bicyclic) bond motifs is 1. The number of para-hydroxylation sites is 1. The van der Waals surface area contributed by atoms with E-state index >= 15 is 0 Å². The number of amides is 1. The second kappa shape index (κ2) is 5.15. The summed E-state index contributed by atoms with van der Waals surface area (Å²) in [6.45, 7) is 3.81. The topological polar surface area (TPSA) is 69.6 Å². The van der Waals surface area contributed by atoms with Crippen molar-refractivity contribution in [2.75, 3.05) is 24.5 Å². The molecule has 0 spiro atoms. The van der Waals surface area contributed by atoms with Crippen molar-refractivity contribution in [2.45, 2.75) is 25.7 Å². The van der Waals surface area contributed by atoms with Crippen molar-refractivity contribution >= 4 is 17.6 Å². The summed E-state index contributed by atoms with van der Waals surface area (Å²) in [6, 6.07) is 7.33. The first kappa shape index (κ1) is 14.1. The molecule has 2 aliphatic heterocycles. The Balaban J connectivity index is 1.93. The van der Waals surface area contributed by atoms with Gasteiger partial charge < -0.3 is 15.3 Å². The number of anilines is 1. The number of hydrogen-bond acceptors (Lipinski definition) is 3. The summed E-state index contributed by atoms with van der Waals surface area (Å²) < 4.78 is 0. The molecule has 1 aromatic rings. The molecule has 5 nitrogen and oxygen atoms in total. The number of aliphatic carboxylic acids is 1. The quantitative estimate of drug-likeness (QED) is 0.867. The van der Waals surface area contributed by atoms with Gasteiger partial charge in [-0.05, 0) is 37.9 Å². The largest absolute Gasteiger partial charge is 0.481 e. The van der Waals surface area contributed by atoms with Gasteiger partial charge in [-0.3, -0.25) is 9.59 Å². The van der Waals surface area contributed by atoms with Crippen molar-refractivity contribution in [3.05, 3.63) is 29.8 Å². The van der Waals surface area contributed by atoms with E-state index in [9.17, 15) is 14.7 Å². The monoisotopic (exact) mass is 288 g/mol. The van der Waals surface area contributed by atoms with Gasteiger partial charge in [0, 0.05) is 18.8 Å². The predicted molar refractivity (Wildman–Crippen MR) is 79.4 cm³/mol. The average Bonchev–Trinajstić information content (AvgIpc) is 2.87. The van der Waals surface area contributed by atoms with Crippen LogP contribution >= 0.6 is 0 Å². The SMILES string of the molecule is CC1(C(=O)N2CC(C(=O)O)c3ccccc32)CCCNC1. The standard InChI is InChI=1S/C16H20N2O3/c1-16(7-4-8-17-10-16)15(21)18-9-12(14(19)20)11-5-2-3-6-13(11)18/h2-3,5-6,12,17H,4,7-10H2,1H3,(H,19,20). The van der Waals surface area contributed by atoms with E-state index in [2.05, 4.69) is 5.32 Å². The zero-order valence-electron chi connectivity index (χ0n) is 12.1. The van der Waals surface area contributed by atoms with Gasteiger partial charge in [0.25, 0.3) is 0 Å². The molecule has 2 heterocycles. The number of piperidine rings is 1. The van der Waals surface area contributed by atoms with Crippen LogP contribution in [-0.2, 0) is 9.59 Å². The average molecular weight is 288 g/mol. The Hall–Kier alpha value is -1.88. The molecule has 3 rings (SSSR count). The van der Waals surface area contributed by atoms with Gasteiger partial charge in [0.2, 0.25) is 5.91 Å². The first-order chi connectivity index (χ1) is 10.0. The molecule has 2 atom stereocenters. The highest BCUT2D eigenvalue weighted by molar-refractivity contribution is 6.02. The van der Waals surface area contributed by atoms with Crippen molar-refractivity contribution in [1.29, 1.82) is 0 Å². The third kappa shape index (κ3) is 2.31. The van der Waals surface area contributed by atoms with E-state index in [-0.39, 0.29) is 12.5 Å². The highest BCUT2D eigenvalue weighted by atomic mass is 16.4. The van der Waals surface area contributed by atoms with Crippen LogP contribution in [0.15, 0.2) is 24.3 Å². The van der Waals surface area contributed by atoms with Crippen LogP contribution in [0.1, 0.15) is 31.2 Å². The fraction of sp³-hybridized carbons (Fsp3) is 0.500. The maximum Gasteiger partial charge on any atom is 0.312 e. The Labute approximate surface area is 123 Å². The van der Waals surface area contributed by atoms with Crippen molar-refractivity contribution in [3.63, 3.8) is 0 Å². The summed E-state index contributed by atoms with van der Waals surface area (Å²) in [5.74, 6) is -1.46. The van der Waals surface area contributed by atoms with Crippen LogP contribution < -0.4 is 10.2 Å². The third-order valence-electron chi connectivity index (χ3n) is 4.62. The summed E-state index contributed by atoms with van der Waals surface area (Å²) in [4.78, 5) is 26.1. The highest BCUT2D eigenvalue weighted by Gasteiger charge is 2.43. The summed E-state index contributed by atoms with van der Waals surface area (Å²) in [5, 5.41) is 12.7.